The van der Waals surface area contributed by atoms with Gasteiger partial charge in [0.1, 0.15) is 0 Å². The molecule has 4 unspecified atom stereocenters. The Balaban J connectivity index is 1.92. The quantitative estimate of drug-likeness (QED) is 0.752. The molecule has 0 heterocycles. The third-order valence-corrected chi connectivity index (χ3v) is 6.46. The molecule has 2 rings (SSSR count). The monoisotopic (exact) mass is 251 g/mol. The second-order valence-electron chi connectivity index (χ2n) is 8.20. The van der Waals surface area contributed by atoms with E-state index in [1.807, 2.05) is 0 Å². The zero-order chi connectivity index (χ0) is 13.6. The number of rotatable bonds is 5. The largest absolute Gasteiger partial charge is 0.311 e. The molecule has 1 heteroatoms. The zero-order valence-electron chi connectivity index (χ0n) is 13.3. The van der Waals surface area contributed by atoms with Crippen LogP contribution in [0.15, 0.2) is 0 Å². The standard InChI is InChI=1S/C17H33N/c1-12(2)7-8-13(3)18-15-11-14-9-10-17(15,6)16(14,4)5/h12-15,18H,7-11H2,1-6H3. The first kappa shape index (κ1) is 14.4. The second kappa shape index (κ2) is 4.81. The minimum atomic E-state index is 0.532. The van der Waals surface area contributed by atoms with Gasteiger partial charge in [-0.05, 0) is 61.7 Å². The van der Waals surface area contributed by atoms with Crippen LogP contribution in [0.3, 0.4) is 0 Å². The van der Waals surface area contributed by atoms with E-state index in [2.05, 4.69) is 46.9 Å². The highest BCUT2D eigenvalue weighted by molar-refractivity contribution is 5.13. The lowest BCUT2D eigenvalue weighted by Crippen LogP contribution is -2.47. The normalized spacial score (nSPS) is 39.5. The molecule has 1 nitrogen and oxygen atoms in total. The van der Waals surface area contributed by atoms with Gasteiger partial charge in [-0.1, -0.05) is 34.6 Å². The van der Waals surface area contributed by atoms with Crippen molar-refractivity contribution in [2.45, 2.75) is 85.7 Å². The minimum Gasteiger partial charge on any atom is -0.311 e. The number of hydrogen-bond acceptors (Lipinski definition) is 1. The van der Waals surface area contributed by atoms with E-state index in [1.165, 1.54) is 32.1 Å². The molecule has 106 valence electrons. The highest BCUT2D eigenvalue weighted by atomic mass is 15.0. The fraction of sp³-hybridized carbons (Fsp3) is 1.00. The lowest BCUT2D eigenvalue weighted by atomic mass is 9.69. The molecule has 0 saturated heterocycles. The van der Waals surface area contributed by atoms with Crippen molar-refractivity contribution in [3.05, 3.63) is 0 Å². The Labute approximate surface area is 114 Å². The molecule has 2 bridgehead atoms. The molecular weight excluding hydrogens is 218 g/mol. The summed E-state index contributed by atoms with van der Waals surface area (Å²) in [7, 11) is 0. The molecule has 0 radical (unpaired) electrons. The van der Waals surface area contributed by atoms with E-state index in [9.17, 15) is 0 Å². The summed E-state index contributed by atoms with van der Waals surface area (Å²) >= 11 is 0. The average Bonchev–Trinajstić information content (AvgIpc) is 2.59. The maximum atomic E-state index is 3.96. The van der Waals surface area contributed by atoms with Crippen LogP contribution in [-0.2, 0) is 0 Å². The van der Waals surface area contributed by atoms with Crippen LogP contribution in [0.1, 0.15) is 73.6 Å². The van der Waals surface area contributed by atoms with Crippen molar-refractivity contribution in [1.82, 2.24) is 5.32 Å². The molecule has 0 spiro atoms. The molecule has 0 amide bonds. The molecular formula is C17H33N. The first-order valence-corrected chi connectivity index (χ1v) is 8.03. The van der Waals surface area contributed by atoms with Gasteiger partial charge in [0.05, 0.1) is 0 Å². The van der Waals surface area contributed by atoms with Gasteiger partial charge in [-0.2, -0.15) is 0 Å². The van der Waals surface area contributed by atoms with Crippen LogP contribution in [-0.4, -0.2) is 12.1 Å². The van der Waals surface area contributed by atoms with Crippen molar-refractivity contribution in [3.8, 4) is 0 Å². The zero-order valence-corrected chi connectivity index (χ0v) is 13.3. The van der Waals surface area contributed by atoms with E-state index in [-0.39, 0.29) is 0 Å². The molecule has 0 aromatic heterocycles. The van der Waals surface area contributed by atoms with Gasteiger partial charge in [0, 0.05) is 12.1 Å². The molecule has 0 aromatic rings. The Bertz CT molecular complexity index is 294. The maximum Gasteiger partial charge on any atom is 0.0131 e. The van der Waals surface area contributed by atoms with Gasteiger partial charge in [0.25, 0.3) is 0 Å². The SMILES string of the molecule is CC(C)CCC(C)NC1CC2CCC1(C)C2(C)C. The van der Waals surface area contributed by atoms with Crippen LogP contribution in [0, 0.1) is 22.7 Å². The Hall–Kier alpha value is -0.0400. The Kier molecular flexibility index (Phi) is 3.84. The molecule has 2 aliphatic carbocycles. The number of fused-ring (bicyclic) bond motifs is 2. The number of nitrogens with one attached hydrogen (secondary N) is 1. The molecule has 0 aliphatic heterocycles. The van der Waals surface area contributed by atoms with E-state index in [0.717, 1.165) is 17.9 Å². The third kappa shape index (κ3) is 2.24. The highest BCUT2D eigenvalue weighted by Gasteiger charge is 2.61. The van der Waals surface area contributed by atoms with Gasteiger partial charge in [-0.3, -0.25) is 0 Å². The van der Waals surface area contributed by atoms with Crippen molar-refractivity contribution < 1.29 is 0 Å². The fourth-order valence-electron chi connectivity index (χ4n) is 4.47. The summed E-state index contributed by atoms with van der Waals surface area (Å²) in [4.78, 5) is 0. The van der Waals surface area contributed by atoms with Gasteiger partial charge in [-0.25, -0.2) is 0 Å². The van der Waals surface area contributed by atoms with Gasteiger partial charge >= 0.3 is 0 Å². The predicted molar refractivity (Wildman–Crippen MR) is 79.7 cm³/mol. The summed E-state index contributed by atoms with van der Waals surface area (Å²) in [5.41, 5.74) is 1.08. The van der Waals surface area contributed by atoms with Crippen molar-refractivity contribution in [1.29, 1.82) is 0 Å². The molecule has 1 N–H and O–H groups in total. The molecule has 4 atom stereocenters. The summed E-state index contributed by atoms with van der Waals surface area (Å²) in [5, 5.41) is 3.96. The van der Waals surface area contributed by atoms with Crippen LogP contribution < -0.4 is 5.32 Å². The molecule has 2 fully saturated rings. The van der Waals surface area contributed by atoms with Gasteiger partial charge < -0.3 is 5.32 Å². The van der Waals surface area contributed by atoms with Crippen molar-refractivity contribution >= 4 is 0 Å². The van der Waals surface area contributed by atoms with Crippen molar-refractivity contribution in [2.24, 2.45) is 22.7 Å². The Morgan fingerprint density at radius 1 is 1.11 bits per heavy atom. The molecule has 0 aromatic carbocycles. The number of hydrogen-bond donors (Lipinski definition) is 1. The van der Waals surface area contributed by atoms with Crippen LogP contribution in [0.2, 0.25) is 0 Å². The smallest absolute Gasteiger partial charge is 0.0131 e. The lowest BCUT2D eigenvalue weighted by Gasteiger charge is -2.41. The first-order valence-electron chi connectivity index (χ1n) is 8.03. The average molecular weight is 251 g/mol. The summed E-state index contributed by atoms with van der Waals surface area (Å²) < 4.78 is 0. The van der Waals surface area contributed by atoms with E-state index in [1.54, 1.807) is 0 Å². The van der Waals surface area contributed by atoms with Crippen molar-refractivity contribution in [3.63, 3.8) is 0 Å². The van der Waals surface area contributed by atoms with Crippen LogP contribution in [0.4, 0.5) is 0 Å². The fourth-order valence-corrected chi connectivity index (χ4v) is 4.47. The minimum absolute atomic E-state index is 0.532. The van der Waals surface area contributed by atoms with Gasteiger partial charge in [-0.15, -0.1) is 0 Å². The van der Waals surface area contributed by atoms with Crippen LogP contribution in [0.25, 0.3) is 0 Å². The molecule has 2 aliphatic rings. The van der Waals surface area contributed by atoms with E-state index >= 15 is 0 Å². The van der Waals surface area contributed by atoms with E-state index < -0.39 is 0 Å². The maximum absolute atomic E-state index is 3.96. The van der Waals surface area contributed by atoms with E-state index in [0.29, 0.717) is 16.9 Å². The molecule has 2 saturated carbocycles. The Morgan fingerprint density at radius 2 is 1.78 bits per heavy atom. The van der Waals surface area contributed by atoms with Gasteiger partial charge in [0.15, 0.2) is 0 Å². The van der Waals surface area contributed by atoms with Crippen LogP contribution >= 0.6 is 0 Å². The van der Waals surface area contributed by atoms with Crippen LogP contribution in [0.5, 0.6) is 0 Å². The topological polar surface area (TPSA) is 12.0 Å². The lowest BCUT2D eigenvalue weighted by molar-refractivity contribution is 0.115. The van der Waals surface area contributed by atoms with Gasteiger partial charge in [0.2, 0.25) is 0 Å². The highest BCUT2D eigenvalue weighted by Crippen LogP contribution is 2.65. The van der Waals surface area contributed by atoms with Crippen molar-refractivity contribution in [2.75, 3.05) is 0 Å². The summed E-state index contributed by atoms with van der Waals surface area (Å²) in [6.07, 6.45) is 6.98. The predicted octanol–water partition coefficient (Wildman–Crippen LogP) is 4.62. The summed E-state index contributed by atoms with van der Waals surface area (Å²) in [6.45, 7) is 14.6. The summed E-state index contributed by atoms with van der Waals surface area (Å²) in [6, 6.07) is 1.44. The van der Waals surface area contributed by atoms with E-state index in [4.69, 9.17) is 0 Å². The Morgan fingerprint density at radius 3 is 2.22 bits per heavy atom. The molecule has 18 heavy (non-hydrogen) atoms. The third-order valence-electron chi connectivity index (χ3n) is 6.46. The second-order valence-corrected chi connectivity index (χ2v) is 8.20. The first-order chi connectivity index (χ1) is 8.27. The summed E-state index contributed by atoms with van der Waals surface area (Å²) in [5.74, 6) is 1.79.